The van der Waals surface area contributed by atoms with E-state index < -0.39 is 0 Å². The first-order valence-electron chi connectivity index (χ1n) is 7.20. The molecule has 3 rings (SSSR count). The lowest BCUT2D eigenvalue weighted by Gasteiger charge is -2.13. The lowest BCUT2D eigenvalue weighted by molar-refractivity contribution is 0.525. The molecule has 1 N–H and O–H groups in total. The fraction of sp³-hybridized carbons (Fsp3) is 0.438. The zero-order chi connectivity index (χ0) is 13.8. The molecule has 1 aliphatic rings. The summed E-state index contributed by atoms with van der Waals surface area (Å²) in [5.41, 5.74) is 2.45. The fourth-order valence-corrected chi connectivity index (χ4v) is 3.59. The van der Waals surface area contributed by atoms with Gasteiger partial charge in [-0.25, -0.2) is 4.68 Å². The van der Waals surface area contributed by atoms with Gasteiger partial charge in [0.15, 0.2) is 0 Å². The van der Waals surface area contributed by atoms with Gasteiger partial charge in [-0.1, -0.05) is 12.1 Å². The van der Waals surface area contributed by atoms with Gasteiger partial charge < -0.3 is 5.32 Å². The Balaban J connectivity index is 1.54. The quantitative estimate of drug-likeness (QED) is 0.915. The Morgan fingerprint density at radius 2 is 2.15 bits per heavy atom. The van der Waals surface area contributed by atoms with Crippen molar-refractivity contribution in [3.05, 3.63) is 48.3 Å². The molecule has 2 aromatic rings. The highest BCUT2D eigenvalue weighted by Crippen LogP contribution is 2.28. The van der Waals surface area contributed by atoms with Gasteiger partial charge in [0.25, 0.3) is 0 Å². The molecular weight excluding hydrogens is 266 g/mol. The maximum Gasteiger partial charge on any atom is 0.0645 e. The van der Waals surface area contributed by atoms with Crippen LogP contribution in [0.25, 0.3) is 5.69 Å². The van der Waals surface area contributed by atoms with Gasteiger partial charge in [-0.2, -0.15) is 16.9 Å². The summed E-state index contributed by atoms with van der Waals surface area (Å²) in [7, 11) is 0. The molecule has 0 radical (unpaired) electrons. The minimum Gasteiger partial charge on any atom is -0.310 e. The number of thioether (sulfide) groups is 1. The molecule has 0 bridgehead atoms. The highest BCUT2D eigenvalue weighted by Gasteiger charge is 2.23. The van der Waals surface area contributed by atoms with E-state index in [9.17, 15) is 0 Å². The summed E-state index contributed by atoms with van der Waals surface area (Å²) in [6.07, 6.45) is 9.98. The molecule has 3 nitrogen and oxygen atoms in total. The zero-order valence-corrected chi connectivity index (χ0v) is 12.6. The van der Waals surface area contributed by atoms with Crippen LogP contribution in [0.1, 0.15) is 24.8 Å². The smallest absolute Gasteiger partial charge is 0.0645 e. The van der Waals surface area contributed by atoms with Crippen molar-refractivity contribution in [1.29, 1.82) is 0 Å². The molecule has 0 saturated heterocycles. The van der Waals surface area contributed by atoms with E-state index in [0.29, 0.717) is 6.04 Å². The Morgan fingerprint density at radius 1 is 1.30 bits per heavy atom. The van der Waals surface area contributed by atoms with Crippen LogP contribution < -0.4 is 5.32 Å². The largest absolute Gasteiger partial charge is 0.310 e. The predicted molar refractivity (Wildman–Crippen MR) is 85.3 cm³/mol. The van der Waals surface area contributed by atoms with E-state index >= 15 is 0 Å². The molecule has 1 aliphatic carbocycles. The SMILES string of the molecule is CSC1CCC(NCc2ccc(-n3cccn3)cc2)C1. The number of aromatic nitrogens is 2. The van der Waals surface area contributed by atoms with E-state index in [1.54, 1.807) is 6.20 Å². The second kappa shape index (κ2) is 6.46. The van der Waals surface area contributed by atoms with Crippen molar-refractivity contribution in [1.82, 2.24) is 15.1 Å². The Labute approximate surface area is 124 Å². The molecule has 106 valence electrons. The highest BCUT2D eigenvalue weighted by molar-refractivity contribution is 7.99. The summed E-state index contributed by atoms with van der Waals surface area (Å²) in [6, 6.07) is 11.3. The maximum absolute atomic E-state index is 4.24. The van der Waals surface area contributed by atoms with Crippen LogP contribution in [0, 0.1) is 0 Å². The van der Waals surface area contributed by atoms with Crippen LogP contribution in [-0.4, -0.2) is 27.3 Å². The summed E-state index contributed by atoms with van der Waals surface area (Å²) in [6.45, 7) is 0.963. The third kappa shape index (κ3) is 3.25. The molecular formula is C16H21N3S. The monoisotopic (exact) mass is 287 g/mol. The van der Waals surface area contributed by atoms with Gasteiger partial charge in [0, 0.05) is 30.2 Å². The molecule has 0 amide bonds. The molecule has 0 spiro atoms. The Bertz CT molecular complexity index is 521. The maximum atomic E-state index is 4.24. The van der Waals surface area contributed by atoms with E-state index in [-0.39, 0.29) is 0 Å². The van der Waals surface area contributed by atoms with Crippen LogP contribution >= 0.6 is 11.8 Å². The molecule has 2 unspecified atom stereocenters. The van der Waals surface area contributed by atoms with Crippen LogP contribution in [0.2, 0.25) is 0 Å². The van der Waals surface area contributed by atoms with Gasteiger partial charge in [0.1, 0.15) is 0 Å². The van der Waals surface area contributed by atoms with Gasteiger partial charge in [0.2, 0.25) is 0 Å². The molecule has 2 atom stereocenters. The molecule has 20 heavy (non-hydrogen) atoms. The molecule has 0 aliphatic heterocycles. The van der Waals surface area contributed by atoms with Crippen molar-refractivity contribution in [2.45, 2.75) is 37.1 Å². The number of nitrogens with zero attached hydrogens (tertiary/aromatic N) is 2. The molecule has 1 aromatic carbocycles. The van der Waals surface area contributed by atoms with E-state index in [0.717, 1.165) is 17.5 Å². The van der Waals surface area contributed by atoms with Crippen molar-refractivity contribution in [2.75, 3.05) is 6.26 Å². The summed E-state index contributed by atoms with van der Waals surface area (Å²) < 4.78 is 1.89. The normalized spacial score (nSPS) is 22.2. The average Bonchev–Trinajstić information content (AvgIpc) is 3.17. The molecule has 1 heterocycles. The van der Waals surface area contributed by atoms with E-state index in [2.05, 4.69) is 40.9 Å². The number of hydrogen-bond acceptors (Lipinski definition) is 3. The third-order valence-electron chi connectivity index (χ3n) is 4.02. The van der Waals surface area contributed by atoms with Gasteiger partial charge >= 0.3 is 0 Å². The van der Waals surface area contributed by atoms with Crippen LogP contribution in [0.3, 0.4) is 0 Å². The lowest BCUT2D eigenvalue weighted by Crippen LogP contribution is -2.26. The van der Waals surface area contributed by atoms with Crippen molar-refractivity contribution in [3.8, 4) is 5.69 Å². The standard InChI is InChI=1S/C16H21N3S/c1-20-16-8-5-14(11-16)17-12-13-3-6-15(7-4-13)19-10-2-9-18-19/h2-4,6-7,9-10,14,16-17H,5,8,11-12H2,1H3. The summed E-state index contributed by atoms with van der Waals surface area (Å²) in [4.78, 5) is 0. The summed E-state index contributed by atoms with van der Waals surface area (Å²) in [5, 5.41) is 8.78. The average molecular weight is 287 g/mol. The minimum absolute atomic E-state index is 0.693. The summed E-state index contributed by atoms with van der Waals surface area (Å²) in [5.74, 6) is 0. The van der Waals surface area contributed by atoms with Crippen molar-refractivity contribution in [3.63, 3.8) is 0 Å². The topological polar surface area (TPSA) is 29.9 Å². The van der Waals surface area contributed by atoms with E-state index in [1.807, 2.05) is 28.7 Å². The van der Waals surface area contributed by atoms with Crippen LogP contribution in [0.5, 0.6) is 0 Å². The van der Waals surface area contributed by atoms with Crippen molar-refractivity contribution in [2.24, 2.45) is 0 Å². The summed E-state index contributed by atoms with van der Waals surface area (Å²) >= 11 is 2.01. The first kappa shape index (κ1) is 13.7. The van der Waals surface area contributed by atoms with E-state index in [1.165, 1.54) is 24.8 Å². The Kier molecular flexibility index (Phi) is 4.43. The zero-order valence-electron chi connectivity index (χ0n) is 11.8. The predicted octanol–water partition coefficient (Wildman–Crippen LogP) is 3.25. The van der Waals surface area contributed by atoms with Gasteiger partial charge in [-0.05, 0) is 49.3 Å². The molecule has 1 saturated carbocycles. The number of nitrogens with one attached hydrogen (secondary N) is 1. The number of benzene rings is 1. The minimum atomic E-state index is 0.693. The highest BCUT2D eigenvalue weighted by atomic mass is 32.2. The Hall–Kier alpha value is -1.26. The Morgan fingerprint density at radius 3 is 2.80 bits per heavy atom. The third-order valence-corrected chi connectivity index (χ3v) is 5.11. The van der Waals surface area contributed by atoms with Crippen molar-refractivity contribution < 1.29 is 0 Å². The first-order chi connectivity index (χ1) is 9.85. The molecule has 1 aromatic heterocycles. The first-order valence-corrected chi connectivity index (χ1v) is 8.49. The molecule has 4 heteroatoms. The lowest BCUT2D eigenvalue weighted by atomic mass is 10.2. The van der Waals surface area contributed by atoms with Crippen molar-refractivity contribution >= 4 is 11.8 Å². The second-order valence-corrected chi connectivity index (χ2v) is 6.50. The van der Waals surface area contributed by atoms with Gasteiger partial charge in [-0.15, -0.1) is 0 Å². The fourth-order valence-electron chi connectivity index (χ4n) is 2.79. The second-order valence-electron chi connectivity index (χ2n) is 5.37. The number of hydrogen-bond donors (Lipinski definition) is 1. The van der Waals surface area contributed by atoms with Crippen LogP contribution in [0.15, 0.2) is 42.7 Å². The van der Waals surface area contributed by atoms with Crippen LogP contribution in [-0.2, 0) is 6.54 Å². The van der Waals surface area contributed by atoms with Crippen LogP contribution in [0.4, 0.5) is 0 Å². The number of rotatable bonds is 5. The van der Waals surface area contributed by atoms with E-state index in [4.69, 9.17) is 0 Å². The van der Waals surface area contributed by atoms with Gasteiger partial charge in [0.05, 0.1) is 5.69 Å². The van der Waals surface area contributed by atoms with Gasteiger partial charge in [-0.3, -0.25) is 0 Å². The molecule has 1 fully saturated rings.